The Balaban J connectivity index is 2.43. The van der Waals surface area contributed by atoms with Crippen molar-refractivity contribution in [2.24, 2.45) is 0 Å². The lowest BCUT2D eigenvalue weighted by Crippen LogP contribution is -2.00. The van der Waals surface area contributed by atoms with E-state index in [0.29, 0.717) is 11.4 Å². The topological polar surface area (TPSA) is 61.0 Å². The highest BCUT2D eigenvalue weighted by Gasteiger charge is 2.13. The van der Waals surface area contributed by atoms with Gasteiger partial charge in [0.25, 0.3) is 5.88 Å². The van der Waals surface area contributed by atoms with Gasteiger partial charge >= 0.3 is 0 Å². The molecule has 6 heteroatoms. The van der Waals surface area contributed by atoms with E-state index in [1.165, 1.54) is 6.33 Å². The second-order valence-electron chi connectivity index (χ2n) is 3.82. The van der Waals surface area contributed by atoms with E-state index in [-0.39, 0.29) is 11.6 Å². The van der Waals surface area contributed by atoms with Crippen LogP contribution >= 0.6 is 15.9 Å². The molecule has 1 aromatic heterocycles. The fourth-order valence-corrected chi connectivity index (χ4v) is 2.09. The lowest BCUT2D eigenvalue weighted by molar-refractivity contribution is 0.416. The Morgan fingerprint density at radius 1 is 1.28 bits per heavy atom. The summed E-state index contributed by atoms with van der Waals surface area (Å²) in [6, 6.07) is 3.52. The average molecular weight is 312 g/mol. The van der Waals surface area contributed by atoms with Gasteiger partial charge in [0.05, 0.1) is 11.4 Å². The number of anilines is 1. The van der Waals surface area contributed by atoms with E-state index in [1.807, 2.05) is 13.0 Å². The number of aromatic nitrogens is 2. The van der Waals surface area contributed by atoms with Gasteiger partial charge < -0.3 is 10.5 Å². The third kappa shape index (κ3) is 2.43. The van der Waals surface area contributed by atoms with Crippen molar-refractivity contribution < 1.29 is 9.13 Å². The second kappa shape index (κ2) is 4.89. The minimum absolute atomic E-state index is 0.125. The van der Waals surface area contributed by atoms with Gasteiger partial charge in [0, 0.05) is 4.47 Å². The number of halogens is 2. The Kier molecular flexibility index (Phi) is 3.47. The number of rotatable bonds is 2. The average Bonchev–Trinajstić information content (AvgIpc) is 2.28. The van der Waals surface area contributed by atoms with E-state index >= 15 is 0 Å². The van der Waals surface area contributed by atoms with Gasteiger partial charge in [-0.15, -0.1) is 0 Å². The van der Waals surface area contributed by atoms with E-state index < -0.39 is 5.82 Å². The van der Waals surface area contributed by atoms with Crippen molar-refractivity contribution >= 4 is 21.6 Å². The number of nitrogens with zero attached hydrogens (tertiary/aromatic N) is 2. The van der Waals surface area contributed by atoms with Crippen molar-refractivity contribution in [2.75, 3.05) is 5.73 Å². The highest BCUT2D eigenvalue weighted by molar-refractivity contribution is 9.10. The van der Waals surface area contributed by atoms with Gasteiger partial charge in [-0.2, -0.15) is 9.37 Å². The lowest BCUT2D eigenvalue weighted by Gasteiger charge is -2.11. The van der Waals surface area contributed by atoms with Crippen LogP contribution in [0.15, 0.2) is 22.9 Å². The maximum absolute atomic E-state index is 13.7. The van der Waals surface area contributed by atoms with E-state index in [4.69, 9.17) is 10.5 Å². The van der Waals surface area contributed by atoms with Crippen LogP contribution in [0.5, 0.6) is 11.6 Å². The molecule has 0 aliphatic heterocycles. The fourth-order valence-electron chi connectivity index (χ4n) is 1.50. The molecule has 4 nitrogen and oxygen atoms in total. The Bertz CT molecular complexity index is 581. The van der Waals surface area contributed by atoms with Gasteiger partial charge in [-0.25, -0.2) is 4.98 Å². The molecule has 0 spiro atoms. The van der Waals surface area contributed by atoms with Gasteiger partial charge in [-0.3, -0.25) is 0 Å². The van der Waals surface area contributed by atoms with Crippen LogP contribution in [0.2, 0.25) is 0 Å². The van der Waals surface area contributed by atoms with Crippen molar-refractivity contribution in [3.63, 3.8) is 0 Å². The molecule has 1 aromatic carbocycles. The summed E-state index contributed by atoms with van der Waals surface area (Å²) in [5, 5.41) is 0. The SMILES string of the molecule is Cc1cc(Br)cc(N)c1Oc1ncnc(C)c1F. The molecule has 2 N–H and O–H groups in total. The first-order valence-electron chi connectivity index (χ1n) is 5.19. The summed E-state index contributed by atoms with van der Waals surface area (Å²) in [7, 11) is 0. The molecule has 0 atom stereocenters. The summed E-state index contributed by atoms with van der Waals surface area (Å²) >= 11 is 3.32. The summed E-state index contributed by atoms with van der Waals surface area (Å²) in [5.74, 6) is -0.311. The van der Waals surface area contributed by atoms with Gasteiger partial charge in [-0.05, 0) is 31.5 Å². The number of benzene rings is 1. The first-order chi connectivity index (χ1) is 8.49. The van der Waals surface area contributed by atoms with Crippen molar-refractivity contribution in [3.05, 3.63) is 40.0 Å². The third-order valence-corrected chi connectivity index (χ3v) is 2.86. The monoisotopic (exact) mass is 311 g/mol. The molecular weight excluding hydrogens is 301 g/mol. The second-order valence-corrected chi connectivity index (χ2v) is 4.74. The highest BCUT2D eigenvalue weighted by atomic mass is 79.9. The summed E-state index contributed by atoms with van der Waals surface area (Å²) in [6.07, 6.45) is 1.25. The van der Waals surface area contributed by atoms with Crippen molar-refractivity contribution in [1.29, 1.82) is 0 Å². The molecule has 0 aliphatic carbocycles. The van der Waals surface area contributed by atoms with E-state index in [2.05, 4.69) is 25.9 Å². The van der Waals surface area contributed by atoms with Crippen LogP contribution in [-0.2, 0) is 0 Å². The predicted octanol–water partition coefficient (Wildman–Crippen LogP) is 3.37. The number of ether oxygens (including phenoxy) is 1. The van der Waals surface area contributed by atoms with Crippen LogP contribution in [0.1, 0.15) is 11.3 Å². The summed E-state index contributed by atoms with van der Waals surface area (Å²) in [6.45, 7) is 3.37. The van der Waals surface area contributed by atoms with Crippen LogP contribution < -0.4 is 10.5 Å². The zero-order chi connectivity index (χ0) is 13.3. The van der Waals surface area contributed by atoms with Gasteiger partial charge in [-0.1, -0.05) is 15.9 Å². The largest absolute Gasteiger partial charge is 0.434 e. The Morgan fingerprint density at radius 2 is 2.00 bits per heavy atom. The summed E-state index contributed by atoms with van der Waals surface area (Å²) in [4.78, 5) is 7.50. The van der Waals surface area contributed by atoms with Crippen LogP contribution in [0, 0.1) is 19.7 Å². The highest BCUT2D eigenvalue weighted by Crippen LogP contribution is 2.34. The first kappa shape index (κ1) is 12.8. The third-order valence-electron chi connectivity index (χ3n) is 2.40. The van der Waals surface area contributed by atoms with Crippen LogP contribution in [0.4, 0.5) is 10.1 Å². The molecule has 0 fully saturated rings. The first-order valence-corrected chi connectivity index (χ1v) is 5.99. The number of nitrogens with two attached hydrogens (primary N) is 1. The zero-order valence-electron chi connectivity index (χ0n) is 9.87. The Morgan fingerprint density at radius 3 is 2.67 bits per heavy atom. The van der Waals surface area contributed by atoms with Crippen LogP contribution in [0.25, 0.3) is 0 Å². The molecule has 2 aromatic rings. The van der Waals surface area contributed by atoms with Crippen LogP contribution in [0.3, 0.4) is 0 Å². The van der Waals surface area contributed by atoms with E-state index in [0.717, 1.165) is 10.0 Å². The Hall–Kier alpha value is -1.69. The minimum Gasteiger partial charge on any atom is -0.434 e. The maximum Gasteiger partial charge on any atom is 0.259 e. The van der Waals surface area contributed by atoms with Gasteiger partial charge in [0.2, 0.25) is 5.82 Å². The predicted molar refractivity (Wildman–Crippen MR) is 70.1 cm³/mol. The normalized spacial score (nSPS) is 10.4. The number of nitrogen functional groups attached to an aromatic ring is 1. The lowest BCUT2D eigenvalue weighted by atomic mass is 10.2. The molecule has 0 saturated heterocycles. The quantitative estimate of drug-likeness (QED) is 0.864. The van der Waals surface area contributed by atoms with Crippen molar-refractivity contribution in [3.8, 4) is 11.6 Å². The van der Waals surface area contributed by atoms with Crippen molar-refractivity contribution in [1.82, 2.24) is 9.97 Å². The summed E-state index contributed by atoms with van der Waals surface area (Å²) in [5.41, 5.74) is 7.27. The molecule has 94 valence electrons. The summed E-state index contributed by atoms with van der Waals surface area (Å²) < 4.78 is 20.0. The number of hydrogen-bond donors (Lipinski definition) is 1. The van der Waals surface area contributed by atoms with Crippen LogP contribution in [-0.4, -0.2) is 9.97 Å². The molecule has 0 unspecified atom stereocenters. The standard InChI is InChI=1S/C12H11BrFN3O/c1-6-3-8(13)4-9(15)11(6)18-12-10(14)7(2)16-5-17-12/h3-5H,15H2,1-2H3. The van der Waals surface area contributed by atoms with E-state index in [1.54, 1.807) is 13.0 Å². The smallest absolute Gasteiger partial charge is 0.259 e. The fraction of sp³-hybridized carbons (Fsp3) is 0.167. The molecule has 0 bridgehead atoms. The molecule has 0 amide bonds. The molecule has 0 saturated carbocycles. The molecule has 1 heterocycles. The zero-order valence-corrected chi connectivity index (χ0v) is 11.5. The van der Waals surface area contributed by atoms with Gasteiger partial charge in [0.15, 0.2) is 5.75 Å². The van der Waals surface area contributed by atoms with E-state index in [9.17, 15) is 4.39 Å². The number of aryl methyl sites for hydroxylation is 2. The Labute approximate surface area is 112 Å². The minimum atomic E-state index is -0.584. The molecule has 0 radical (unpaired) electrons. The molecular formula is C12H11BrFN3O. The number of hydrogen-bond acceptors (Lipinski definition) is 4. The molecule has 0 aliphatic rings. The molecule has 2 rings (SSSR count). The maximum atomic E-state index is 13.7. The molecule has 18 heavy (non-hydrogen) atoms. The van der Waals surface area contributed by atoms with Gasteiger partial charge in [0.1, 0.15) is 6.33 Å². The van der Waals surface area contributed by atoms with Crippen molar-refractivity contribution in [2.45, 2.75) is 13.8 Å².